The summed E-state index contributed by atoms with van der Waals surface area (Å²) >= 11 is 7.12. The summed E-state index contributed by atoms with van der Waals surface area (Å²) in [5.41, 5.74) is 13.4. The van der Waals surface area contributed by atoms with Gasteiger partial charge in [-0.2, -0.15) is 0 Å². The lowest BCUT2D eigenvalue weighted by atomic mass is 9.85. The summed E-state index contributed by atoms with van der Waals surface area (Å²) in [7, 11) is 0. The van der Waals surface area contributed by atoms with Crippen molar-refractivity contribution in [3.8, 4) is 11.4 Å². The Kier molecular flexibility index (Phi) is 10.3. The number of benzene rings is 6. The van der Waals surface area contributed by atoms with E-state index in [1.165, 1.54) is 77.2 Å². The Morgan fingerprint density at radius 3 is 0.714 bits per heavy atom. The fraction of sp³-hybridized carbons (Fsp3) is 0.308. The first-order chi connectivity index (χ1) is 26.1. The molecule has 6 aromatic carbocycles. The van der Waals surface area contributed by atoms with Crippen LogP contribution in [-0.4, -0.2) is 9.13 Å². The topological polar surface area (TPSA) is 9.86 Å². The van der Waals surface area contributed by atoms with Crippen LogP contribution < -0.4 is 0 Å². The number of hydrogen-bond acceptors (Lipinski definition) is 0. The zero-order valence-corrected chi connectivity index (χ0v) is 38.4. The number of aromatic nitrogens is 2. The van der Waals surface area contributed by atoms with Gasteiger partial charge in [0.05, 0.1) is 22.1 Å². The van der Waals surface area contributed by atoms with Crippen molar-refractivity contribution in [2.45, 2.75) is 105 Å². The van der Waals surface area contributed by atoms with Gasteiger partial charge >= 0.3 is 0 Å². The lowest BCUT2D eigenvalue weighted by Crippen LogP contribution is -2.10. The highest BCUT2D eigenvalue weighted by Crippen LogP contribution is 2.39. The number of hydrogen-bond donors (Lipinski definition) is 0. The third-order valence-electron chi connectivity index (χ3n) is 11.2. The van der Waals surface area contributed by atoms with Gasteiger partial charge in [0.25, 0.3) is 0 Å². The van der Waals surface area contributed by atoms with E-state index in [1.54, 1.807) is 0 Å². The second-order valence-corrected chi connectivity index (χ2v) is 21.4. The van der Waals surface area contributed by atoms with Crippen LogP contribution in [0.1, 0.15) is 105 Å². The molecule has 0 bridgehead atoms. The van der Waals surface area contributed by atoms with Gasteiger partial charge in [-0.25, -0.2) is 0 Å². The molecule has 56 heavy (non-hydrogen) atoms. The molecule has 0 aliphatic heterocycles. The average molecular weight is 869 g/mol. The number of fused-ring (bicyclic) bond motifs is 6. The number of nitrogens with zero attached hydrogens (tertiary/aromatic N) is 2. The van der Waals surface area contributed by atoms with Crippen LogP contribution in [0.2, 0.25) is 0 Å². The average Bonchev–Trinajstić information content (AvgIpc) is 3.63. The smallest absolute Gasteiger partial charge is 0.0541 e. The summed E-state index contributed by atoms with van der Waals surface area (Å²) in [6, 6.07) is 45.0. The van der Waals surface area contributed by atoms with E-state index in [1.807, 2.05) is 0 Å². The van der Waals surface area contributed by atoms with Crippen LogP contribution in [0.25, 0.3) is 55.0 Å². The molecule has 0 aliphatic rings. The third kappa shape index (κ3) is 7.77. The second kappa shape index (κ2) is 14.4. The van der Waals surface area contributed by atoms with Crippen molar-refractivity contribution in [1.82, 2.24) is 9.13 Å². The van der Waals surface area contributed by atoms with Gasteiger partial charge in [0.2, 0.25) is 0 Å². The second-order valence-electron chi connectivity index (χ2n) is 19.6. The van der Waals surface area contributed by atoms with Gasteiger partial charge in [0.15, 0.2) is 0 Å². The van der Waals surface area contributed by atoms with Gasteiger partial charge in [-0.05, 0) is 141 Å². The van der Waals surface area contributed by atoms with Gasteiger partial charge in [-0.1, -0.05) is 139 Å². The summed E-state index contributed by atoms with van der Waals surface area (Å²) in [6.07, 6.45) is 0. The number of rotatable bonds is 2. The Bertz CT molecular complexity index is 2380. The first-order valence-electron chi connectivity index (χ1n) is 19.8. The molecule has 4 heteroatoms. The minimum atomic E-state index is 0.127. The largest absolute Gasteiger partial charge is 0.309 e. The molecule has 2 aromatic heterocycles. The molecule has 0 saturated heterocycles. The minimum Gasteiger partial charge on any atom is -0.309 e. The first-order valence-corrected chi connectivity index (χ1v) is 21.4. The van der Waals surface area contributed by atoms with Crippen molar-refractivity contribution in [3.63, 3.8) is 0 Å². The van der Waals surface area contributed by atoms with Crippen LogP contribution >= 0.6 is 31.9 Å². The van der Waals surface area contributed by atoms with Crippen LogP contribution in [0.5, 0.6) is 0 Å². The van der Waals surface area contributed by atoms with Gasteiger partial charge < -0.3 is 9.13 Å². The summed E-state index contributed by atoms with van der Waals surface area (Å²) in [4.78, 5) is 0. The first kappa shape index (κ1) is 40.1. The van der Waals surface area contributed by atoms with E-state index >= 15 is 0 Å². The Morgan fingerprint density at radius 1 is 0.304 bits per heavy atom. The maximum absolute atomic E-state index is 3.56. The quantitative estimate of drug-likeness (QED) is 0.164. The van der Waals surface area contributed by atoms with Crippen LogP contribution in [0.3, 0.4) is 0 Å². The van der Waals surface area contributed by atoms with Gasteiger partial charge in [-0.15, -0.1) is 0 Å². The molecule has 0 radical (unpaired) electrons. The van der Waals surface area contributed by atoms with Gasteiger partial charge in [0, 0.05) is 41.9 Å². The maximum atomic E-state index is 3.56. The normalized spacial score (nSPS) is 12.8. The van der Waals surface area contributed by atoms with Crippen molar-refractivity contribution >= 4 is 75.5 Å². The van der Waals surface area contributed by atoms with Crippen LogP contribution in [0.4, 0.5) is 0 Å². The molecule has 0 amide bonds. The predicted molar refractivity (Wildman–Crippen MR) is 252 cm³/mol. The Balaban J connectivity index is 0.000000172. The molecule has 288 valence electrons. The molecule has 0 N–H and O–H groups in total. The van der Waals surface area contributed by atoms with E-state index in [2.05, 4.69) is 245 Å². The zero-order chi connectivity index (χ0) is 40.5. The summed E-state index contributed by atoms with van der Waals surface area (Å²) in [6.45, 7) is 27.4. The van der Waals surface area contributed by atoms with Crippen molar-refractivity contribution in [1.29, 1.82) is 0 Å². The molecule has 8 aromatic rings. The highest BCUT2D eigenvalue weighted by atomic mass is 79.9. The standard InChI is InChI=1S/2C26H28BrN/c2*1-25(2,3)17-7-13-23-21(15-17)22-16-18(26(4,5)6)8-14-24(22)28(23)20-11-9-19(27)10-12-20/h2*7-16H,1-6H3. The molecular weight excluding hydrogens is 812 g/mol. The van der Waals surface area contributed by atoms with Crippen LogP contribution in [0, 0.1) is 0 Å². The molecule has 0 aliphatic carbocycles. The van der Waals surface area contributed by atoms with Gasteiger partial charge in [0.1, 0.15) is 0 Å². The fourth-order valence-corrected chi connectivity index (χ4v) is 8.18. The summed E-state index contributed by atoms with van der Waals surface area (Å²) in [5, 5.41) is 5.32. The van der Waals surface area contributed by atoms with Gasteiger partial charge in [-0.3, -0.25) is 0 Å². The molecule has 8 rings (SSSR count). The lowest BCUT2D eigenvalue weighted by molar-refractivity contribution is 0.590. The molecule has 0 atom stereocenters. The molecule has 0 unspecified atom stereocenters. The predicted octanol–water partition coefficient (Wildman–Crippen LogP) is 16.3. The summed E-state index contributed by atoms with van der Waals surface area (Å²) in [5.74, 6) is 0. The minimum absolute atomic E-state index is 0.127. The zero-order valence-electron chi connectivity index (χ0n) is 35.2. The monoisotopic (exact) mass is 866 g/mol. The molecule has 0 spiro atoms. The highest BCUT2D eigenvalue weighted by Gasteiger charge is 2.22. The SMILES string of the molecule is CC(C)(C)c1ccc2c(c1)c1cc(C(C)(C)C)ccc1n2-c1ccc(Br)cc1.CC(C)(C)c1ccc2c(c1)c1cc(C(C)(C)C)ccc1n2-c1ccc(Br)cc1. The third-order valence-corrected chi connectivity index (χ3v) is 12.2. The summed E-state index contributed by atoms with van der Waals surface area (Å²) < 4.78 is 6.97. The Labute approximate surface area is 351 Å². The van der Waals surface area contributed by atoms with E-state index in [-0.39, 0.29) is 21.7 Å². The number of halogens is 2. The van der Waals surface area contributed by atoms with Crippen LogP contribution in [0.15, 0.2) is 130 Å². The van der Waals surface area contributed by atoms with E-state index in [4.69, 9.17) is 0 Å². The van der Waals surface area contributed by atoms with E-state index < -0.39 is 0 Å². The van der Waals surface area contributed by atoms with Crippen molar-refractivity contribution in [2.24, 2.45) is 0 Å². The molecule has 0 fully saturated rings. The van der Waals surface area contributed by atoms with Crippen molar-refractivity contribution < 1.29 is 0 Å². The van der Waals surface area contributed by atoms with E-state index in [0.717, 1.165) is 8.95 Å². The van der Waals surface area contributed by atoms with Crippen molar-refractivity contribution in [2.75, 3.05) is 0 Å². The Hall–Kier alpha value is -4.12. The molecule has 2 nitrogen and oxygen atoms in total. The molecule has 2 heterocycles. The van der Waals surface area contributed by atoms with Crippen LogP contribution in [-0.2, 0) is 21.7 Å². The highest BCUT2D eigenvalue weighted by molar-refractivity contribution is 9.10. The maximum Gasteiger partial charge on any atom is 0.0541 e. The van der Waals surface area contributed by atoms with E-state index in [9.17, 15) is 0 Å². The van der Waals surface area contributed by atoms with Crippen molar-refractivity contribution in [3.05, 3.63) is 153 Å². The molecular formula is C52H56Br2N2. The fourth-order valence-electron chi connectivity index (χ4n) is 7.65. The molecule has 0 saturated carbocycles. The van der Waals surface area contributed by atoms with E-state index in [0.29, 0.717) is 0 Å². The lowest BCUT2D eigenvalue weighted by Gasteiger charge is -2.19. The Morgan fingerprint density at radius 2 is 0.518 bits per heavy atom.